The predicted molar refractivity (Wildman–Crippen MR) is 84.8 cm³/mol. The average Bonchev–Trinajstić information content (AvgIpc) is 3.23. The molecule has 4 nitrogen and oxygen atoms in total. The van der Waals surface area contributed by atoms with E-state index in [1.54, 1.807) is 14.2 Å². The molecule has 0 bridgehead atoms. The smallest absolute Gasteiger partial charge is 0.161 e. The van der Waals surface area contributed by atoms with Crippen LogP contribution in [0.2, 0.25) is 0 Å². The molecule has 2 aliphatic heterocycles. The van der Waals surface area contributed by atoms with E-state index < -0.39 is 0 Å². The van der Waals surface area contributed by atoms with E-state index in [0.717, 1.165) is 31.1 Å². The molecule has 0 N–H and O–H groups in total. The number of methoxy groups -OCH3 is 2. The lowest BCUT2D eigenvalue weighted by atomic mass is 9.63. The summed E-state index contributed by atoms with van der Waals surface area (Å²) in [6, 6.07) is 7.05. The average molecular weight is 303 g/mol. The van der Waals surface area contributed by atoms with E-state index in [9.17, 15) is 0 Å². The third-order valence-electron chi connectivity index (χ3n) is 6.18. The van der Waals surface area contributed by atoms with Gasteiger partial charge in [-0.15, -0.1) is 0 Å². The van der Waals surface area contributed by atoms with Crippen LogP contribution in [0.1, 0.15) is 31.2 Å². The number of nitrogens with zero attached hydrogens (tertiary/aromatic N) is 1. The highest BCUT2D eigenvalue weighted by Crippen LogP contribution is 2.55. The first-order valence-corrected chi connectivity index (χ1v) is 8.19. The Bertz CT molecular complexity index is 584. The summed E-state index contributed by atoms with van der Waals surface area (Å²) in [4.78, 5) is 2.53. The quantitative estimate of drug-likeness (QED) is 0.804. The van der Waals surface area contributed by atoms with Crippen molar-refractivity contribution >= 4 is 0 Å². The molecule has 1 aliphatic carbocycles. The Morgan fingerprint density at radius 3 is 2.59 bits per heavy atom. The molecule has 120 valence electrons. The van der Waals surface area contributed by atoms with E-state index in [1.807, 2.05) is 0 Å². The molecule has 1 aromatic rings. The third-order valence-corrected chi connectivity index (χ3v) is 6.18. The summed E-state index contributed by atoms with van der Waals surface area (Å²) in [5, 5.41) is 0. The molecule has 3 aliphatic rings. The molecule has 1 spiro atoms. The van der Waals surface area contributed by atoms with Gasteiger partial charge in [0.15, 0.2) is 11.5 Å². The first kappa shape index (κ1) is 14.3. The van der Waals surface area contributed by atoms with Crippen molar-refractivity contribution in [3.05, 3.63) is 23.8 Å². The minimum absolute atomic E-state index is 0.198. The SMILES string of the molecule is COc1ccc([C@]23CCN(C)[C@H]2C[C@]2(CC3)CO2)cc1OC. The van der Waals surface area contributed by atoms with Crippen molar-refractivity contribution in [2.45, 2.75) is 42.7 Å². The summed E-state index contributed by atoms with van der Waals surface area (Å²) in [5.74, 6) is 1.65. The number of hydrogen-bond donors (Lipinski definition) is 0. The van der Waals surface area contributed by atoms with Gasteiger partial charge in [0, 0.05) is 11.5 Å². The van der Waals surface area contributed by atoms with Crippen LogP contribution in [0.3, 0.4) is 0 Å². The Kier molecular flexibility index (Phi) is 3.17. The molecular weight excluding hydrogens is 278 g/mol. The van der Waals surface area contributed by atoms with Crippen LogP contribution in [0, 0.1) is 0 Å². The van der Waals surface area contributed by atoms with Crippen molar-refractivity contribution in [3.63, 3.8) is 0 Å². The van der Waals surface area contributed by atoms with Gasteiger partial charge in [0.2, 0.25) is 0 Å². The Morgan fingerprint density at radius 1 is 1.14 bits per heavy atom. The molecule has 0 aromatic heterocycles. The highest BCUT2D eigenvalue weighted by atomic mass is 16.6. The maximum atomic E-state index is 5.78. The molecule has 0 radical (unpaired) electrons. The number of hydrogen-bond acceptors (Lipinski definition) is 4. The molecule has 0 amide bonds. The standard InChI is InChI=1S/C18H25NO3/c1-19-9-8-18(7-6-17(12-22-17)11-16(18)19)13-4-5-14(20-2)15(10-13)21-3/h4-5,10,16H,6-9,11-12H2,1-3H3/t16-,17+,18-/m0/s1. The van der Waals surface area contributed by atoms with Gasteiger partial charge in [0.1, 0.15) is 0 Å². The molecule has 4 heteroatoms. The number of likely N-dealkylation sites (tertiary alicyclic amines) is 1. The van der Waals surface area contributed by atoms with E-state index in [0.29, 0.717) is 6.04 Å². The van der Waals surface area contributed by atoms with Gasteiger partial charge in [-0.1, -0.05) is 6.07 Å². The van der Waals surface area contributed by atoms with Crippen LogP contribution in [0.15, 0.2) is 18.2 Å². The van der Waals surface area contributed by atoms with Crippen LogP contribution in [-0.2, 0) is 10.2 Å². The third kappa shape index (κ3) is 1.97. The Balaban J connectivity index is 1.73. The predicted octanol–water partition coefficient (Wildman–Crippen LogP) is 2.60. The zero-order valence-corrected chi connectivity index (χ0v) is 13.7. The molecule has 22 heavy (non-hydrogen) atoms. The van der Waals surface area contributed by atoms with Gasteiger partial charge in [-0.25, -0.2) is 0 Å². The van der Waals surface area contributed by atoms with E-state index in [4.69, 9.17) is 14.2 Å². The summed E-state index contributed by atoms with van der Waals surface area (Å²) in [7, 11) is 5.66. The second-order valence-corrected chi connectivity index (χ2v) is 7.15. The highest BCUT2D eigenvalue weighted by Gasteiger charge is 2.59. The summed E-state index contributed by atoms with van der Waals surface area (Å²) in [6.45, 7) is 2.12. The van der Waals surface area contributed by atoms with Gasteiger partial charge in [-0.3, -0.25) is 0 Å². The zero-order valence-electron chi connectivity index (χ0n) is 13.7. The monoisotopic (exact) mass is 303 g/mol. The lowest BCUT2D eigenvalue weighted by Gasteiger charge is -2.44. The lowest BCUT2D eigenvalue weighted by Crippen LogP contribution is -2.48. The van der Waals surface area contributed by atoms with Crippen LogP contribution in [0.5, 0.6) is 11.5 Å². The summed E-state index contributed by atoms with van der Waals surface area (Å²) in [5.41, 5.74) is 1.84. The number of fused-ring (bicyclic) bond motifs is 1. The van der Waals surface area contributed by atoms with Crippen LogP contribution in [0.4, 0.5) is 0 Å². The molecule has 2 saturated heterocycles. The van der Waals surface area contributed by atoms with Gasteiger partial charge in [0.25, 0.3) is 0 Å². The van der Waals surface area contributed by atoms with Crippen LogP contribution < -0.4 is 9.47 Å². The molecular formula is C18H25NO3. The molecule has 3 atom stereocenters. The number of ether oxygens (including phenoxy) is 3. The van der Waals surface area contributed by atoms with Crippen molar-refractivity contribution in [1.29, 1.82) is 0 Å². The van der Waals surface area contributed by atoms with Crippen LogP contribution >= 0.6 is 0 Å². The molecule has 2 heterocycles. The summed E-state index contributed by atoms with van der Waals surface area (Å²) in [6.07, 6.45) is 4.78. The lowest BCUT2D eigenvalue weighted by molar-refractivity contribution is 0.111. The molecule has 3 fully saturated rings. The number of likely N-dealkylation sites (N-methyl/N-ethyl adjacent to an activating group) is 1. The number of benzene rings is 1. The van der Waals surface area contributed by atoms with Gasteiger partial charge < -0.3 is 19.1 Å². The van der Waals surface area contributed by atoms with E-state index in [-0.39, 0.29) is 11.0 Å². The highest BCUT2D eigenvalue weighted by molar-refractivity contribution is 5.46. The van der Waals surface area contributed by atoms with Crippen molar-refractivity contribution in [2.24, 2.45) is 0 Å². The first-order chi connectivity index (χ1) is 10.6. The van der Waals surface area contributed by atoms with Gasteiger partial charge in [0.05, 0.1) is 26.4 Å². The Labute approximate surface area is 132 Å². The molecule has 1 aromatic carbocycles. The van der Waals surface area contributed by atoms with Gasteiger partial charge >= 0.3 is 0 Å². The van der Waals surface area contributed by atoms with Gasteiger partial charge in [-0.2, -0.15) is 0 Å². The number of rotatable bonds is 3. The normalized spacial score (nSPS) is 37.1. The van der Waals surface area contributed by atoms with E-state index in [1.165, 1.54) is 24.8 Å². The van der Waals surface area contributed by atoms with Crippen molar-refractivity contribution in [3.8, 4) is 11.5 Å². The topological polar surface area (TPSA) is 34.2 Å². The van der Waals surface area contributed by atoms with E-state index in [2.05, 4.69) is 30.1 Å². The Hall–Kier alpha value is -1.26. The van der Waals surface area contributed by atoms with Crippen LogP contribution in [-0.4, -0.2) is 51.0 Å². The van der Waals surface area contributed by atoms with Crippen molar-refractivity contribution in [2.75, 3.05) is 34.4 Å². The largest absolute Gasteiger partial charge is 0.493 e. The minimum Gasteiger partial charge on any atom is -0.493 e. The van der Waals surface area contributed by atoms with Crippen molar-refractivity contribution in [1.82, 2.24) is 4.90 Å². The molecule has 0 unspecified atom stereocenters. The fourth-order valence-corrected chi connectivity index (χ4v) is 4.66. The van der Waals surface area contributed by atoms with Gasteiger partial charge in [-0.05, 0) is 57.0 Å². The van der Waals surface area contributed by atoms with Crippen LogP contribution in [0.25, 0.3) is 0 Å². The maximum Gasteiger partial charge on any atom is 0.161 e. The minimum atomic E-state index is 0.198. The molecule has 1 saturated carbocycles. The van der Waals surface area contributed by atoms with E-state index >= 15 is 0 Å². The summed E-state index contributed by atoms with van der Waals surface area (Å²) >= 11 is 0. The van der Waals surface area contributed by atoms with Crippen molar-refractivity contribution < 1.29 is 14.2 Å². The fourth-order valence-electron chi connectivity index (χ4n) is 4.66. The second kappa shape index (κ2) is 4.87. The first-order valence-electron chi connectivity index (χ1n) is 8.19. The molecule has 4 rings (SSSR count). The summed E-state index contributed by atoms with van der Waals surface area (Å²) < 4.78 is 16.7. The fraction of sp³-hybridized carbons (Fsp3) is 0.667. The zero-order chi connectivity index (χ0) is 15.4. The number of epoxide rings is 1. The maximum absolute atomic E-state index is 5.78. The second-order valence-electron chi connectivity index (χ2n) is 7.15. The Morgan fingerprint density at radius 2 is 1.91 bits per heavy atom.